The van der Waals surface area contributed by atoms with E-state index in [9.17, 15) is 14.4 Å². The molecule has 0 radical (unpaired) electrons. The molecule has 0 aromatic heterocycles. The maximum Gasteiger partial charge on any atom is 0.355 e. The van der Waals surface area contributed by atoms with Crippen LogP contribution >= 0.6 is 23.4 Å². The lowest BCUT2D eigenvalue weighted by Crippen LogP contribution is -2.62. The number of ether oxygens (including phenoxy) is 3. The van der Waals surface area contributed by atoms with Crippen molar-refractivity contribution >= 4 is 41.2 Å². The summed E-state index contributed by atoms with van der Waals surface area (Å²) >= 11 is 7.53. The Hall–Kier alpha value is -2.19. The third-order valence-corrected chi connectivity index (χ3v) is 6.57. The molecular weight excluding hydrogens is 442 g/mol. The van der Waals surface area contributed by atoms with Gasteiger partial charge in [-0.25, -0.2) is 4.79 Å². The Morgan fingerprint density at radius 3 is 2.48 bits per heavy atom. The molecule has 9 heteroatoms. The lowest BCUT2D eigenvalue weighted by atomic mass is 9.92. The Morgan fingerprint density at radius 1 is 1.23 bits per heavy atom. The molecule has 3 rings (SSSR count). The van der Waals surface area contributed by atoms with Gasteiger partial charge in [0, 0.05) is 11.6 Å². The second-order valence-corrected chi connectivity index (χ2v) is 9.69. The number of rotatable bonds is 7. The second-order valence-electron chi connectivity index (χ2n) is 8.32. The fraction of sp³-hybridized carbons (Fsp3) is 0.500. The molecule has 1 aromatic carbocycles. The van der Waals surface area contributed by atoms with Gasteiger partial charge in [0.2, 0.25) is 5.91 Å². The first-order valence-electron chi connectivity index (χ1n) is 9.89. The van der Waals surface area contributed by atoms with Crippen LogP contribution in [0.2, 0.25) is 0 Å². The Balaban J connectivity index is 1.68. The molecule has 2 heterocycles. The Labute approximate surface area is 191 Å². The molecule has 7 nitrogen and oxygen atoms in total. The first-order valence-corrected chi connectivity index (χ1v) is 11.5. The summed E-state index contributed by atoms with van der Waals surface area (Å²) in [6.07, 6.45) is -0.0192. The first kappa shape index (κ1) is 23.5. The third kappa shape index (κ3) is 5.36. The van der Waals surface area contributed by atoms with E-state index in [1.165, 1.54) is 16.7 Å². The second kappa shape index (κ2) is 9.53. The molecule has 168 valence electrons. The van der Waals surface area contributed by atoms with Gasteiger partial charge in [0.1, 0.15) is 23.7 Å². The maximum absolute atomic E-state index is 12.9. The highest BCUT2D eigenvalue weighted by molar-refractivity contribution is 8.00. The molecule has 0 saturated carbocycles. The van der Waals surface area contributed by atoms with Crippen molar-refractivity contribution in [2.75, 3.05) is 18.7 Å². The molecule has 0 spiro atoms. The van der Waals surface area contributed by atoms with Gasteiger partial charge in [-0.15, -0.1) is 23.4 Å². The number of amides is 1. The summed E-state index contributed by atoms with van der Waals surface area (Å²) in [5.41, 5.74) is 1.01. The number of esters is 2. The predicted molar refractivity (Wildman–Crippen MR) is 118 cm³/mol. The van der Waals surface area contributed by atoms with Crippen LogP contribution in [-0.2, 0) is 30.5 Å². The van der Waals surface area contributed by atoms with Crippen LogP contribution in [0.15, 0.2) is 35.5 Å². The van der Waals surface area contributed by atoms with Gasteiger partial charge in [0.15, 0.2) is 0 Å². The number of fused-ring (bicyclic) bond motifs is 1. The molecule has 1 amide bonds. The maximum atomic E-state index is 12.9. The minimum atomic E-state index is -0.620. The van der Waals surface area contributed by atoms with Crippen LogP contribution < -0.4 is 4.74 Å². The van der Waals surface area contributed by atoms with Crippen molar-refractivity contribution in [3.63, 3.8) is 0 Å². The zero-order valence-corrected chi connectivity index (χ0v) is 19.5. The van der Waals surface area contributed by atoms with Crippen molar-refractivity contribution in [1.82, 2.24) is 4.90 Å². The molecule has 0 bridgehead atoms. The molecule has 1 aromatic rings. The average molecular weight is 468 g/mol. The van der Waals surface area contributed by atoms with Gasteiger partial charge >= 0.3 is 11.9 Å². The number of halogens is 1. The van der Waals surface area contributed by atoms with Crippen molar-refractivity contribution in [3.8, 4) is 5.75 Å². The fourth-order valence-electron chi connectivity index (χ4n) is 3.41. The van der Waals surface area contributed by atoms with Crippen molar-refractivity contribution in [3.05, 3.63) is 41.1 Å². The number of carbonyl (C=O) groups excluding carboxylic acids is 3. The van der Waals surface area contributed by atoms with Gasteiger partial charge in [-0.2, -0.15) is 0 Å². The van der Waals surface area contributed by atoms with Gasteiger partial charge in [-0.3, -0.25) is 14.5 Å². The van der Waals surface area contributed by atoms with Gasteiger partial charge < -0.3 is 14.2 Å². The average Bonchev–Trinajstić information content (AvgIpc) is 2.73. The summed E-state index contributed by atoms with van der Waals surface area (Å²) in [6, 6.07) is 7.16. The molecule has 31 heavy (non-hydrogen) atoms. The minimum absolute atomic E-state index is 0.0192. The number of methoxy groups -OCH3 is 1. The highest BCUT2D eigenvalue weighted by Crippen LogP contribution is 2.45. The lowest BCUT2D eigenvalue weighted by Gasteiger charge is -2.49. The summed E-state index contributed by atoms with van der Waals surface area (Å²) in [5, 5.41) is -0.310. The van der Waals surface area contributed by atoms with Crippen LogP contribution in [0.25, 0.3) is 0 Å². The zero-order chi connectivity index (χ0) is 22.8. The topological polar surface area (TPSA) is 82.1 Å². The number of hydrogen-bond acceptors (Lipinski definition) is 7. The van der Waals surface area contributed by atoms with Crippen molar-refractivity contribution in [1.29, 1.82) is 0 Å². The van der Waals surface area contributed by atoms with E-state index in [0.717, 1.165) is 5.56 Å². The van der Waals surface area contributed by atoms with E-state index in [1.54, 1.807) is 52.1 Å². The van der Waals surface area contributed by atoms with Crippen molar-refractivity contribution < 1.29 is 28.6 Å². The highest BCUT2D eigenvalue weighted by atomic mass is 35.5. The van der Waals surface area contributed by atoms with Crippen molar-refractivity contribution in [2.24, 2.45) is 5.92 Å². The van der Waals surface area contributed by atoms with Crippen LogP contribution in [0.5, 0.6) is 5.75 Å². The summed E-state index contributed by atoms with van der Waals surface area (Å²) in [7, 11) is 1.58. The number of nitrogens with zero attached hydrogens (tertiary/aromatic N) is 1. The van der Waals surface area contributed by atoms with Crippen LogP contribution in [0.1, 0.15) is 32.8 Å². The molecule has 0 aliphatic carbocycles. The number of benzene rings is 1. The van der Waals surface area contributed by atoms with Crippen LogP contribution in [0.3, 0.4) is 0 Å². The standard InChI is InChI=1S/C22H26ClNO6S/c1-22(2,3)30-17(25)9-16-19(26)24-18(14(10-23)12-31-20(16)24)21(27)29-11-13-5-7-15(28-4)8-6-13/h5-8,16,20H,9-12H2,1-4H3/t16-,20?/m1/s1. The SMILES string of the molecule is COc1ccc(COC(=O)C2=C(CCl)CSC3[C@H](CC(=O)OC(C)(C)C)C(=O)N23)cc1. The molecular formula is C22H26ClNO6S. The van der Waals surface area contributed by atoms with Gasteiger partial charge in [-0.1, -0.05) is 12.1 Å². The number of carbonyl (C=O) groups is 3. The largest absolute Gasteiger partial charge is 0.497 e. The van der Waals surface area contributed by atoms with Gasteiger partial charge in [0.05, 0.1) is 24.8 Å². The summed E-state index contributed by atoms with van der Waals surface area (Å²) < 4.78 is 15.9. The van der Waals surface area contributed by atoms with E-state index < -0.39 is 23.5 Å². The van der Waals surface area contributed by atoms with E-state index in [2.05, 4.69) is 0 Å². The molecule has 2 atom stereocenters. The number of alkyl halides is 1. The van der Waals surface area contributed by atoms with Crippen molar-refractivity contribution in [2.45, 2.75) is 44.8 Å². The molecule has 0 N–H and O–H groups in total. The third-order valence-electron chi connectivity index (χ3n) is 4.85. The Bertz CT molecular complexity index is 892. The number of β-lactam (4-membered cyclic amide) rings is 1. The van der Waals surface area contributed by atoms with E-state index in [4.69, 9.17) is 25.8 Å². The number of hydrogen-bond donors (Lipinski definition) is 0. The summed E-state index contributed by atoms with van der Waals surface area (Å²) in [4.78, 5) is 39.3. The Kier molecular flexibility index (Phi) is 7.21. The van der Waals surface area contributed by atoms with Crippen LogP contribution in [0.4, 0.5) is 0 Å². The van der Waals surface area contributed by atoms with Gasteiger partial charge in [-0.05, 0) is 44.0 Å². The molecule has 2 aliphatic heterocycles. The van der Waals surface area contributed by atoms with E-state index in [1.807, 2.05) is 0 Å². The molecule has 1 saturated heterocycles. The smallest absolute Gasteiger partial charge is 0.355 e. The monoisotopic (exact) mass is 467 g/mol. The summed E-state index contributed by atoms with van der Waals surface area (Å²) in [6.45, 7) is 5.40. The molecule has 1 unspecified atom stereocenters. The zero-order valence-electron chi connectivity index (χ0n) is 18.0. The van der Waals surface area contributed by atoms with E-state index >= 15 is 0 Å². The first-order chi connectivity index (χ1) is 14.6. The van der Waals surface area contributed by atoms with Crippen LogP contribution in [0, 0.1) is 5.92 Å². The highest BCUT2D eigenvalue weighted by Gasteiger charge is 2.54. The normalized spacial score (nSPS) is 20.7. The molecule has 2 aliphatic rings. The Morgan fingerprint density at radius 2 is 1.90 bits per heavy atom. The quantitative estimate of drug-likeness (QED) is 0.345. The van der Waals surface area contributed by atoms with Gasteiger partial charge in [0.25, 0.3) is 0 Å². The van der Waals surface area contributed by atoms with E-state index in [-0.39, 0.29) is 35.9 Å². The minimum Gasteiger partial charge on any atom is -0.497 e. The summed E-state index contributed by atoms with van der Waals surface area (Å²) in [5.74, 6) is -0.523. The predicted octanol–water partition coefficient (Wildman–Crippen LogP) is 3.49. The lowest BCUT2D eigenvalue weighted by molar-refractivity contribution is -0.164. The van der Waals surface area contributed by atoms with E-state index in [0.29, 0.717) is 17.1 Å². The molecule has 1 fully saturated rings. The van der Waals surface area contributed by atoms with Crippen LogP contribution in [-0.4, -0.2) is 52.5 Å². The number of thioether (sulfide) groups is 1. The fourth-order valence-corrected chi connectivity index (χ4v) is 5.16.